The normalized spacial score (nSPS) is 17.9. The molecule has 3 amide bonds. The Morgan fingerprint density at radius 1 is 1.19 bits per heavy atom. The number of hydrogen-bond donors (Lipinski definition) is 1. The van der Waals surface area contributed by atoms with Crippen molar-refractivity contribution in [1.29, 1.82) is 0 Å². The van der Waals surface area contributed by atoms with Crippen LogP contribution in [0.5, 0.6) is 11.5 Å². The molecule has 0 unspecified atom stereocenters. The fourth-order valence-corrected chi connectivity index (χ4v) is 4.50. The molecule has 1 aromatic carbocycles. The lowest BCUT2D eigenvalue weighted by Crippen LogP contribution is -2.44. The van der Waals surface area contributed by atoms with Crippen molar-refractivity contribution in [3.05, 3.63) is 27.1 Å². The second-order valence-corrected chi connectivity index (χ2v) is 8.76. The van der Waals surface area contributed by atoms with Crippen LogP contribution in [0.4, 0.5) is 4.79 Å². The lowest BCUT2D eigenvalue weighted by atomic mass is 10.1. The highest BCUT2D eigenvalue weighted by molar-refractivity contribution is 9.10. The highest BCUT2D eigenvalue weighted by atomic mass is 79.9. The molecule has 31 heavy (non-hydrogen) atoms. The zero-order valence-electron chi connectivity index (χ0n) is 16.8. The lowest BCUT2D eigenvalue weighted by molar-refractivity contribution is -0.139. The van der Waals surface area contributed by atoms with E-state index in [2.05, 4.69) is 15.9 Å². The minimum absolute atomic E-state index is 0.179. The molecule has 3 rings (SSSR count). The SMILES string of the molecule is COc1cc(/C=C2\SC(=O)N(CC(=O)N3CCCCC3)C2=O)c(Br)cc1OCC(=O)O. The largest absolute Gasteiger partial charge is 0.493 e. The molecular weight excluding hydrogens is 492 g/mol. The fraction of sp³-hybridized carbons (Fsp3) is 0.400. The predicted octanol–water partition coefficient (Wildman–Crippen LogP) is 2.97. The average Bonchev–Trinajstić information content (AvgIpc) is 3.01. The van der Waals surface area contributed by atoms with Crippen LogP contribution in [0.25, 0.3) is 6.08 Å². The molecule has 2 aliphatic heterocycles. The number of likely N-dealkylation sites (tertiary alicyclic amines) is 1. The number of benzene rings is 1. The molecule has 0 aliphatic carbocycles. The van der Waals surface area contributed by atoms with Gasteiger partial charge in [0.2, 0.25) is 5.91 Å². The summed E-state index contributed by atoms with van der Waals surface area (Å²) in [5.74, 6) is -1.40. The maximum atomic E-state index is 12.8. The van der Waals surface area contributed by atoms with Crippen molar-refractivity contribution < 1.29 is 33.8 Å². The number of carboxylic acid groups (broad SMARTS) is 1. The van der Waals surface area contributed by atoms with Gasteiger partial charge in [0.1, 0.15) is 6.54 Å². The van der Waals surface area contributed by atoms with Crippen molar-refractivity contribution in [2.45, 2.75) is 19.3 Å². The summed E-state index contributed by atoms with van der Waals surface area (Å²) in [5.41, 5.74) is 0.535. The highest BCUT2D eigenvalue weighted by Gasteiger charge is 2.37. The van der Waals surface area contributed by atoms with E-state index in [1.54, 1.807) is 11.0 Å². The molecular formula is C20H21BrN2O7S. The zero-order valence-corrected chi connectivity index (χ0v) is 19.2. The molecule has 0 saturated carbocycles. The summed E-state index contributed by atoms with van der Waals surface area (Å²) in [7, 11) is 1.40. The van der Waals surface area contributed by atoms with E-state index in [0.29, 0.717) is 23.1 Å². The third kappa shape index (κ3) is 5.59. The summed E-state index contributed by atoms with van der Waals surface area (Å²) in [6, 6.07) is 3.09. The number of ether oxygens (including phenoxy) is 2. The molecule has 166 valence electrons. The maximum Gasteiger partial charge on any atom is 0.341 e. The van der Waals surface area contributed by atoms with Crippen LogP contribution in [0.3, 0.4) is 0 Å². The summed E-state index contributed by atoms with van der Waals surface area (Å²) in [4.78, 5) is 51.1. The molecule has 0 radical (unpaired) electrons. The number of amides is 3. The number of halogens is 1. The minimum Gasteiger partial charge on any atom is -0.493 e. The van der Waals surface area contributed by atoms with E-state index in [1.807, 2.05) is 0 Å². The first kappa shape index (κ1) is 23.1. The number of carbonyl (C=O) groups is 4. The summed E-state index contributed by atoms with van der Waals surface area (Å²) >= 11 is 4.12. The molecule has 11 heteroatoms. The number of carboxylic acids is 1. The van der Waals surface area contributed by atoms with E-state index in [9.17, 15) is 19.2 Å². The summed E-state index contributed by atoms with van der Waals surface area (Å²) < 4.78 is 11.0. The molecule has 0 bridgehead atoms. The van der Waals surface area contributed by atoms with Crippen molar-refractivity contribution in [2.24, 2.45) is 0 Å². The lowest BCUT2D eigenvalue weighted by Gasteiger charge is -2.27. The molecule has 2 heterocycles. The monoisotopic (exact) mass is 512 g/mol. The van der Waals surface area contributed by atoms with Gasteiger partial charge >= 0.3 is 5.97 Å². The Balaban J connectivity index is 1.77. The second-order valence-electron chi connectivity index (χ2n) is 6.92. The molecule has 0 spiro atoms. The van der Waals surface area contributed by atoms with Gasteiger partial charge in [-0.15, -0.1) is 0 Å². The van der Waals surface area contributed by atoms with Gasteiger partial charge in [-0.05, 0) is 54.8 Å². The second kappa shape index (κ2) is 10.2. The third-order valence-corrected chi connectivity index (χ3v) is 6.39. The minimum atomic E-state index is -1.13. The van der Waals surface area contributed by atoms with Crippen LogP contribution in [0.15, 0.2) is 21.5 Å². The van der Waals surface area contributed by atoms with E-state index >= 15 is 0 Å². The third-order valence-electron chi connectivity index (χ3n) is 4.80. The van der Waals surface area contributed by atoms with Crippen molar-refractivity contribution in [1.82, 2.24) is 9.80 Å². The molecule has 9 nitrogen and oxygen atoms in total. The van der Waals surface area contributed by atoms with Gasteiger partial charge < -0.3 is 19.5 Å². The number of imide groups is 1. The molecule has 2 aliphatic rings. The van der Waals surface area contributed by atoms with Crippen LogP contribution < -0.4 is 9.47 Å². The number of rotatable bonds is 7. The molecule has 0 atom stereocenters. The van der Waals surface area contributed by atoms with E-state index in [1.165, 1.54) is 19.3 Å². The highest BCUT2D eigenvalue weighted by Crippen LogP contribution is 2.38. The first-order valence-corrected chi connectivity index (χ1v) is 11.2. The predicted molar refractivity (Wildman–Crippen MR) is 117 cm³/mol. The summed E-state index contributed by atoms with van der Waals surface area (Å²) in [6.45, 7) is 0.489. The Morgan fingerprint density at radius 2 is 1.90 bits per heavy atom. The van der Waals surface area contributed by atoms with Crippen LogP contribution in [0.2, 0.25) is 0 Å². The Hall–Kier alpha value is -2.53. The van der Waals surface area contributed by atoms with Crippen LogP contribution in [0, 0.1) is 0 Å². The van der Waals surface area contributed by atoms with Gasteiger partial charge in [0.25, 0.3) is 11.1 Å². The molecule has 2 fully saturated rings. The van der Waals surface area contributed by atoms with Crippen LogP contribution in [-0.4, -0.2) is 71.3 Å². The van der Waals surface area contributed by atoms with Crippen LogP contribution in [0.1, 0.15) is 24.8 Å². The molecule has 1 aromatic rings. The van der Waals surface area contributed by atoms with Crippen molar-refractivity contribution in [2.75, 3.05) is 33.4 Å². The van der Waals surface area contributed by atoms with E-state index in [0.717, 1.165) is 35.9 Å². The molecule has 2 saturated heterocycles. The Labute approximate surface area is 191 Å². The first-order valence-electron chi connectivity index (χ1n) is 9.55. The van der Waals surface area contributed by atoms with E-state index in [4.69, 9.17) is 14.6 Å². The van der Waals surface area contributed by atoms with E-state index in [-0.39, 0.29) is 28.9 Å². The van der Waals surface area contributed by atoms with Gasteiger partial charge in [0, 0.05) is 17.6 Å². The number of aliphatic carboxylic acids is 1. The van der Waals surface area contributed by atoms with Crippen molar-refractivity contribution >= 4 is 56.8 Å². The van der Waals surface area contributed by atoms with Crippen LogP contribution in [-0.2, 0) is 14.4 Å². The van der Waals surface area contributed by atoms with Gasteiger partial charge in [-0.1, -0.05) is 15.9 Å². The van der Waals surface area contributed by atoms with Crippen molar-refractivity contribution in [3.63, 3.8) is 0 Å². The van der Waals surface area contributed by atoms with Gasteiger partial charge in [-0.2, -0.15) is 0 Å². The summed E-state index contributed by atoms with van der Waals surface area (Å²) in [5, 5.41) is 8.29. The standard InChI is InChI=1S/C20H21BrN2O7S/c1-29-14-7-12(13(21)9-15(14)30-11-18(25)26)8-16-19(27)23(20(28)31-16)10-17(24)22-5-3-2-4-6-22/h7-9H,2-6,10-11H2,1H3,(H,25,26)/b16-8-. The van der Waals surface area contributed by atoms with Crippen molar-refractivity contribution in [3.8, 4) is 11.5 Å². The summed E-state index contributed by atoms with van der Waals surface area (Å²) in [6.07, 6.45) is 4.45. The Bertz CT molecular complexity index is 944. The topological polar surface area (TPSA) is 113 Å². The molecule has 1 N–H and O–H groups in total. The van der Waals surface area contributed by atoms with Crippen LogP contribution >= 0.6 is 27.7 Å². The van der Waals surface area contributed by atoms with Gasteiger partial charge in [0.05, 0.1) is 12.0 Å². The smallest absolute Gasteiger partial charge is 0.341 e. The average molecular weight is 513 g/mol. The number of carbonyl (C=O) groups excluding carboxylic acids is 3. The van der Waals surface area contributed by atoms with Gasteiger partial charge in [0.15, 0.2) is 18.1 Å². The number of piperidine rings is 1. The van der Waals surface area contributed by atoms with Gasteiger partial charge in [-0.25, -0.2) is 4.79 Å². The number of thioether (sulfide) groups is 1. The first-order chi connectivity index (χ1) is 14.8. The van der Waals surface area contributed by atoms with Gasteiger partial charge in [-0.3, -0.25) is 19.3 Å². The zero-order chi connectivity index (χ0) is 22.5. The Morgan fingerprint density at radius 3 is 2.55 bits per heavy atom. The number of methoxy groups -OCH3 is 1. The number of hydrogen-bond acceptors (Lipinski definition) is 7. The molecule has 0 aromatic heterocycles. The maximum absolute atomic E-state index is 12.8. The fourth-order valence-electron chi connectivity index (χ4n) is 3.23. The quantitative estimate of drug-likeness (QED) is 0.554. The Kier molecular flexibility index (Phi) is 7.60. The number of nitrogens with zero attached hydrogens (tertiary/aromatic N) is 2. The van der Waals surface area contributed by atoms with E-state index < -0.39 is 23.7 Å².